The van der Waals surface area contributed by atoms with Crippen molar-refractivity contribution in [3.8, 4) is 0 Å². The molecule has 1 N–H and O–H groups in total. The van der Waals surface area contributed by atoms with Crippen LogP contribution in [-0.4, -0.2) is 11.2 Å². The van der Waals surface area contributed by atoms with E-state index in [2.05, 4.69) is 13.5 Å². The first-order valence-electron chi connectivity index (χ1n) is 4.70. The summed E-state index contributed by atoms with van der Waals surface area (Å²) in [6, 6.07) is 0. The summed E-state index contributed by atoms with van der Waals surface area (Å²) in [4.78, 5) is 0. The van der Waals surface area contributed by atoms with E-state index in [-0.39, 0.29) is 0 Å². The Labute approximate surface area is 74.3 Å². The van der Waals surface area contributed by atoms with E-state index in [4.69, 9.17) is 5.11 Å². The van der Waals surface area contributed by atoms with E-state index < -0.39 is 11.9 Å². The Morgan fingerprint density at radius 1 is 1.33 bits per heavy atom. The van der Waals surface area contributed by atoms with E-state index in [9.17, 15) is 4.39 Å². The average molecular weight is 174 g/mol. The fourth-order valence-electron chi connectivity index (χ4n) is 1.10. The standard InChI is InChI=1S/C10H19FO/c1-3-4-5-6-7-8-10(12)9(2)11/h10,12H,2-8H2,1H3. The predicted molar refractivity (Wildman–Crippen MR) is 49.6 cm³/mol. The molecule has 0 aromatic carbocycles. The summed E-state index contributed by atoms with van der Waals surface area (Å²) in [5.41, 5.74) is 0. The molecule has 1 atom stereocenters. The quantitative estimate of drug-likeness (QED) is 0.588. The Balaban J connectivity index is 3.14. The lowest BCUT2D eigenvalue weighted by Crippen LogP contribution is -2.05. The van der Waals surface area contributed by atoms with Crippen LogP contribution in [0.2, 0.25) is 0 Å². The van der Waals surface area contributed by atoms with Gasteiger partial charge in [0, 0.05) is 0 Å². The maximum absolute atomic E-state index is 12.2. The number of aliphatic hydroxyl groups excluding tert-OH is 1. The van der Waals surface area contributed by atoms with Crippen molar-refractivity contribution in [3.05, 3.63) is 12.4 Å². The number of aliphatic hydroxyl groups is 1. The van der Waals surface area contributed by atoms with Crippen molar-refractivity contribution >= 4 is 0 Å². The lowest BCUT2D eigenvalue weighted by atomic mass is 10.1. The van der Waals surface area contributed by atoms with E-state index in [1.807, 2.05) is 0 Å². The molecule has 72 valence electrons. The summed E-state index contributed by atoms with van der Waals surface area (Å²) >= 11 is 0. The molecule has 0 fully saturated rings. The molecule has 0 radical (unpaired) electrons. The van der Waals surface area contributed by atoms with Gasteiger partial charge in [0.2, 0.25) is 0 Å². The van der Waals surface area contributed by atoms with Gasteiger partial charge >= 0.3 is 0 Å². The van der Waals surface area contributed by atoms with E-state index in [1.54, 1.807) is 0 Å². The zero-order valence-electron chi connectivity index (χ0n) is 7.85. The van der Waals surface area contributed by atoms with Crippen LogP contribution in [-0.2, 0) is 0 Å². The third-order valence-corrected chi connectivity index (χ3v) is 1.94. The average Bonchev–Trinajstić information content (AvgIpc) is 2.03. The first kappa shape index (κ1) is 11.6. The Morgan fingerprint density at radius 2 is 1.92 bits per heavy atom. The van der Waals surface area contributed by atoms with Crippen LogP contribution < -0.4 is 0 Å². The van der Waals surface area contributed by atoms with Crippen molar-refractivity contribution in [2.24, 2.45) is 0 Å². The van der Waals surface area contributed by atoms with Gasteiger partial charge in [-0.05, 0) is 6.42 Å². The molecule has 0 aliphatic carbocycles. The molecule has 0 heterocycles. The van der Waals surface area contributed by atoms with Crippen molar-refractivity contribution in [3.63, 3.8) is 0 Å². The van der Waals surface area contributed by atoms with Gasteiger partial charge in [-0.2, -0.15) is 0 Å². The Hall–Kier alpha value is -0.370. The third-order valence-electron chi connectivity index (χ3n) is 1.94. The second-order valence-corrected chi connectivity index (χ2v) is 3.17. The summed E-state index contributed by atoms with van der Waals surface area (Å²) in [6.45, 7) is 5.20. The van der Waals surface area contributed by atoms with Crippen LogP contribution in [0.1, 0.15) is 45.4 Å². The van der Waals surface area contributed by atoms with Gasteiger partial charge in [-0.1, -0.05) is 45.6 Å². The van der Waals surface area contributed by atoms with E-state index in [0.717, 1.165) is 12.8 Å². The van der Waals surface area contributed by atoms with Gasteiger partial charge in [0.15, 0.2) is 0 Å². The first-order valence-corrected chi connectivity index (χ1v) is 4.70. The smallest absolute Gasteiger partial charge is 0.121 e. The van der Waals surface area contributed by atoms with Gasteiger partial charge in [-0.15, -0.1) is 0 Å². The summed E-state index contributed by atoms with van der Waals surface area (Å²) in [6.07, 6.45) is 5.17. The maximum atomic E-state index is 12.2. The molecule has 12 heavy (non-hydrogen) atoms. The highest BCUT2D eigenvalue weighted by molar-refractivity contribution is 4.88. The van der Waals surface area contributed by atoms with Crippen molar-refractivity contribution < 1.29 is 9.50 Å². The van der Waals surface area contributed by atoms with Crippen molar-refractivity contribution in [2.75, 3.05) is 0 Å². The maximum Gasteiger partial charge on any atom is 0.121 e. The topological polar surface area (TPSA) is 20.2 Å². The van der Waals surface area contributed by atoms with Crippen LogP contribution in [0.25, 0.3) is 0 Å². The molecule has 0 bridgehead atoms. The first-order chi connectivity index (χ1) is 5.68. The van der Waals surface area contributed by atoms with Crippen LogP contribution in [0.4, 0.5) is 4.39 Å². The molecule has 0 saturated heterocycles. The summed E-state index contributed by atoms with van der Waals surface area (Å²) < 4.78 is 12.2. The minimum Gasteiger partial charge on any atom is -0.386 e. The fraction of sp³-hybridized carbons (Fsp3) is 0.800. The third kappa shape index (κ3) is 6.35. The van der Waals surface area contributed by atoms with Gasteiger partial charge in [-0.3, -0.25) is 0 Å². The van der Waals surface area contributed by atoms with Gasteiger partial charge in [0.1, 0.15) is 11.9 Å². The van der Waals surface area contributed by atoms with Crippen LogP contribution in [0.3, 0.4) is 0 Å². The highest BCUT2D eigenvalue weighted by Crippen LogP contribution is 2.11. The second kappa shape index (κ2) is 7.29. The highest BCUT2D eigenvalue weighted by atomic mass is 19.1. The molecular weight excluding hydrogens is 155 g/mol. The van der Waals surface area contributed by atoms with E-state index in [0.29, 0.717) is 6.42 Å². The van der Waals surface area contributed by atoms with Crippen molar-refractivity contribution in [1.82, 2.24) is 0 Å². The molecule has 1 unspecified atom stereocenters. The molecule has 1 nitrogen and oxygen atoms in total. The molecular formula is C10H19FO. The van der Waals surface area contributed by atoms with Crippen LogP contribution >= 0.6 is 0 Å². The molecule has 0 aliphatic heterocycles. The molecule has 0 amide bonds. The summed E-state index contributed by atoms with van der Waals surface area (Å²) in [5.74, 6) is -0.606. The minimum atomic E-state index is -0.938. The number of halogens is 1. The Kier molecular flexibility index (Phi) is 7.06. The molecule has 2 heteroatoms. The SMILES string of the molecule is C=C(F)C(O)CCCCCCC. The lowest BCUT2D eigenvalue weighted by Gasteiger charge is -2.06. The Bertz CT molecular complexity index is 123. The number of rotatable bonds is 7. The van der Waals surface area contributed by atoms with Crippen molar-refractivity contribution in [2.45, 2.75) is 51.6 Å². The number of hydrogen-bond donors (Lipinski definition) is 1. The lowest BCUT2D eigenvalue weighted by molar-refractivity contribution is 0.170. The molecule has 0 aliphatic rings. The van der Waals surface area contributed by atoms with Gasteiger partial charge in [0.25, 0.3) is 0 Å². The number of hydrogen-bond acceptors (Lipinski definition) is 1. The van der Waals surface area contributed by atoms with E-state index >= 15 is 0 Å². The van der Waals surface area contributed by atoms with Crippen LogP contribution in [0.15, 0.2) is 12.4 Å². The predicted octanol–water partition coefficient (Wildman–Crippen LogP) is 3.19. The zero-order chi connectivity index (χ0) is 9.40. The fourth-order valence-corrected chi connectivity index (χ4v) is 1.10. The molecule has 0 aromatic rings. The monoisotopic (exact) mass is 174 g/mol. The van der Waals surface area contributed by atoms with Gasteiger partial charge in [0.05, 0.1) is 0 Å². The van der Waals surface area contributed by atoms with Crippen molar-refractivity contribution in [1.29, 1.82) is 0 Å². The zero-order valence-corrected chi connectivity index (χ0v) is 7.85. The molecule has 0 aromatic heterocycles. The van der Waals surface area contributed by atoms with Crippen LogP contribution in [0, 0.1) is 0 Å². The normalized spacial score (nSPS) is 12.9. The minimum absolute atomic E-state index is 0.513. The number of unbranched alkanes of at least 4 members (excludes halogenated alkanes) is 4. The summed E-state index contributed by atoms with van der Waals surface area (Å²) in [7, 11) is 0. The van der Waals surface area contributed by atoms with Crippen LogP contribution in [0.5, 0.6) is 0 Å². The second-order valence-electron chi connectivity index (χ2n) is 3.17. The Morgan fingerprint density at radius 3 is 2.42 bits per heavy atom. The highest BCUT2D eigenvalue weighted by Gasteiger charge is 2.06. The van der Waals surface area contributed by atoms with Gasteiger partial charge in [-0.25, -0.2) is 4.39 Å². The van der Waals surface area contributed by atoms with Gasteiger partial charge < -0.3 is 5.11 Å². The molecule has 0 saturated carbocycles. The molecule has 0 spiro atoms. The molecule has 0 rings (SSSR count). The van der Waals surface area contributed by atoms with E-state index in [1.165, 1.54) is 19.3 Å². The largest absolute Gasteiger partial charge is 0.386 e. The summed E-state index contributed by atoms with van der Waals surface area (Å²) in [5, 5.41) is 9.01.